The van der Waals surface area contributed by atoms with Gasteiger partial charge in [0.1, 0.15) is 5.56 Å². The number of hydrogen-bond acceptors (Lipinski definition) is 6. The van der Waals surface area contributed by atoms with Crippen molar-refractivity contribution in [2.45, 2.75) is 18.9 Å². The van der Waals surface area contributed by atoms with Gasteiger partial charge in [0.25, 0.3) is 5.91 Å². The van der Waals surface area contributed by atoms with Crippen molar-refractivity contribution in [2.24, 2.45) is 0 Å². The second-order valence-electron chi connectivity index (χ2n) is 6.54. The number of ether oxygens (including phenoxy) is 3. The first kappa shape index (κ1) is 16.1. The molecule has 5 rings (SSSR count). The lowest BCUT2D eigenvalue weighted by molar-refractivity contribution is 0.0859. The molecule has 1 atom stereocenters. The summed E-state index contributed by atoms with van der Waals surface area (Å²) in [6.45, 7) is 1.48. The van der Waals surface area contributed by atoms with Crippen molar-refractivity contribution in [3.8, 4) is 22.8 Å². The summed E-state index contributed by atoms with van der Waals surface area (Å²) in [4.78, 5) is 16.9. The lowest BCUT2D eigenvalue weighted by Crippen LogP contribution is -2.31. The van der Waals surface area contributed by atoms with Gasteiger partial charge < -0.3 is 19.5 Å². The van der Waals surface area contributed by atoms with Crippen LogP contribution in [0.1, 0.15) is 23.2 Å². The lowest BCUT2D eigenvalue weighted by atomic mass is 10.1. The fourth-order valence-corrected chi connectivity index (χ4v) is 3.43. The molecule has 1 aromatic carbocycles. The van der Waals surface area contributed by atoms with Crippen LogP contribution in [-0.2, 0) is 4.74 Å². The van der Waals surface area contributed by atoms with E-state index in [0.717, 1.165) is 36.5 Å². The number of rotatable bonds is 4. The monoisotopic (exact) mass is 366 g/mol. The summed E-state index contributed by atoms with van der Waals surface area (Å²) in [6.07, 6.45) is 5.32. The smallest absolute Gasteiger partial charge is 0.256 e. The van der Waals surface area contributed by atoms with Gasteiger partial charge >= 0.3 is 0 Å². The highest BCUT2D eigenvalue weighted by Gasteiger charge is 2.21. The number of hydrogen-bond donors (Lipinski definition) is 1. The van der Waals surface area contributed by atoms with E-state index in [2.05, 4.69) is 15.4 Å². The van der Waals surface area contributed by atoms with E-state index in [4.69, 9.17) is 14.2 Å². The molecule has 1 amide bonds. The first-order chi connectivity index (χ1) is 13.3. The van der Waals surface area contributed by atoms with E-state index in [1.807, 2.05) is 24.3 Å². The van der Waals surface area contributed by atoms with Gasteiger partial charge in [-0.1, -0.05) is 0 Å². The van der Waals surface area contributed by atoms with E-state index >= 15 is 0 Å². The minimum atomic E-state index is -0.198. The van der Waals surface area contributed by atoms with Crippen LogP contribution in [0.25, 0.3) is 16.9 Å². The van der Waals surface area contributed by atoms with Gasteiger partial charge in [-0.05, 0) is 37.1 Å². The first-order valence-corrected chi connectivity index (χ1v) is 8.92. The van der Waals surface area contributed by atoms with Crippen LogP contribution in [0.3, 0.4) is 0 Å². The number of fused-ring (bicyclic) bond motifs is 2. The summed E-state index contributed by atoms with van der Waals surface area (Å²) in [6, 6.07) is 7.55. The molecule has 0 bridgehead atoms. The lowest BCUT2D eigenvalue weighted by Gasteiger charge is -2.10. The maximum absolute atomic E-state index is 12.6. The van der Waals surface area contributed by atoms with Crippen molar-refractivity contribution in [1.82, 2.24) is 19.9 Å². The van der Waals surface area contributed by atoms with E-state index in [1.165, 1.54) is 0 Å². The highest BCUT2D eigenvalue weighted by Crippen LogP contribution is 2.35. The van der Waals surface area contributed by atoms with E-state index in [1.54, 1.807) is 16.9 Å². The highest BCUT2D eigenvalue weighted by atomic mass is 16.7. The summed E-state index contributed by atoms with van der Waals surface area (Å²) in [5.41, 5.74) is 2.67. The van der Waals surface area contributed by atoms with Crippen LogP contribution in [0.2, 0.25) is 0 Å². The molecule has 3 aromatic rings. The topological polar surface area (TPSA) is 87.0 Å². The normalized spacial score (nSPS) is 18.1. The minimum absolute atomic E-state index is 0.0907. The molecule has 0 unspecified atom stereocenters. The summed E-state index contributed by atoms with van der Waals surface area (Å²) in [5, 5.41) is 7.30. The zero-order valence-electron chi connectivity index (χ0n) is 14.6. The Kier molecular flexibility index (Phi) is 3.90. The van der Waals surface area contributed by atoms with E-state index in [9.17, 15) is 4.79 Å². The molecule has 1 fully saturated rings. The average molecular weight is 366 g/mol. The largest absolute Gasteiger partial charge is 0.454 e. The fraction of sp³-hybridized carbons (Fsp3) is 0.316. The molecule has 0 spiro atoms. The molecule has 2 aliphatic rings. The second kappa shape index (κ2) is 6.55. The SMILES string of the molecule is O=C(NC[C@@H]1CCCO1)c1cnn2c(-c3ccc4c(c3)OCO4)ccnc12. The molecule has 4 heterocycles. The summed E-state index contributed by atoms with van der Waals surface area (Å²) < 4.78 is 18.0. The van der Waals surface area contributed by atoms with Crippen molar-refractivity contribution in [3.05, 3.63) is 42.2 Å². The van der Waals surface area contributed by atoms with Gasteiger partial charge in [-0.15, -0.1) is 0 Å². The van der Waals surface area contributed by atoms with Crippen LogP contribution in [0.15, 0.2) is 36.7 Å². The highest BCUT2D eigenvalue weighted by molar-refractivity contribution is 5.99. The van der Waals surface area contributed by atoms with E-state index in [-0.39, 0.29) is 18.8 Å². The first-order valence-electron chi connectivity index (χ1n) is 8.92. The summed E-state index contributed by atoms with van der Waals surface area (Å²) >= 11 is 0. The van der Waals surface area contributed by atoms with E-state index in [0.29, 0.717) is 23.5 Å². The van der Waals surface area contributed by atoms with Gasteiger partial charge in [-0.25, -0.2) is 9.50 Å². The molecular weight excluding hydrogens is 348 g/mol. The van der Waals surface area contributed by atoms with Crippen LogP contribution in [0, 0.1) is 0 Å². The average Bonchev–Trinajstić information content (AvgIpc) is 3.45. The van der Waals surface area contributed by atoms with Crippen LogP contribution in [-0.4, -0.2) is 46.6 Å². The Labute approximate surface area is 155 Å². The third kappa shape index (κ3) is 2.87. The molecule has 138 valence electrons. The van der Waals surface area contributed by atoms with Gasteiger partial charge in [-0.2, -0.15) is 5.10 Å². The van der Waals surface area contributed by atoms with Crippen molar-refractivity contribution < 1.29 is 19.0 Å². The molecular formula is C19H18N4O4. The van der Waals surface area contributed by atoms with Crippen LogP contribution < -0.4 is 14.8 Å². The number of nitrogens with one attached hydrogen (secondary N) is 1. The van der Waals surface area contributed by atoms with E-state index < -0.39 is 0 Å². The third-order valence-electron chi connectivity index (χ3n) is 4.83. The maximum Gasteiger partial charge on any atom is 0.256 e. The summed E-state index contributed by atoms with van der Waals surface area (Å²) in [5.74, 6) is 1.22. The van der Waals surface area contributed by atoms with Crippen molar-refractivity contribution in [1.29, 1.82) is 0 Å². The number of carbonyl (C=O) groups excluding carboxylic acids is 1. The number of aromatic nitrogens is 3. The van der Waals surface area contributed by atoms with Gasteiger partial charge in [0.05, 0.1) is 18.0 Å². The van der Waals surface area contributed by atoms with Crippen molar-refractivity contribution >= 4 is 11.6 Å². The molecule has 0 aliphatic carbocycles. The Morgan fingerprint density at radius 3 is 3.07 bits per heavy atom. The Bertz CT molecular complexity index is 1010. The van der Waals surface area contributed by atoms with Crippen LogP contribution >= 0.6 is 0 Å². The molecule has 0 saturated carbocycles. The number of nitrogens with zero attached hydrogens (tertiary/aromatic N) is 3. The Morgan fingerprint density at radius 1 is 1.26 bits per heavy atom. The minimum Gasteiger partial charge on any atom is -0.454 e. The quantitative estimate of drug-likeness (QED) is 0.760. The Morgan fingerprint density at radius 2 is 2.19 bits per heavy atom. The molecule has 2 aromatic heterocycles. The zero-order valence-corrected chi connectivity index (χ0v) is 14.6. The van der Waals surface area contributed by atoms with Crippen molar-refractivity contribution in [2.75, 3.05) is 19.9 Å². The zero-order chi connectivity index (χ0) is 18.2. The Balaban J connectivity index is 1.45. The maximum atomic E-state index is 12.6. The third-order valence-corrected chi connectivity index (χ3v) is 4.83. The van der Waals surface area contributed by atoms with Crippen LogP contribution in [0.4, 0.5) is 0 Å². The van der Waals surface area contributed by atoms with Gasteiger partial charge in [0.15, 0.2) is 17.1 Å². The molecule has 1 N–H and O–H groups in total. The molecule has 2 aliphatic heterocycles. The second-order valence-corrected chi connectivity index (χ2v) is 6.54. The molecule has 1 saturated heterocycles. The predicted octanol–water partition coefficient (Wildman–Crippen LogP) is 2.03. The molecule has 27 heavy (non-hydrogen) atoms. The molecule has 8 nitrogen and oxygen atoms in total. The van der Waals surface area contributed by atoms with Gasteiger partial charge in [0.2, 0.25) is 6.79 Å². The van der Waals surface area contributed by atoms with Gasteiger partial charge in [0, 0.05) is 24.9 Å². The van der Waals surface area contributed by atoms with Crippen LogP contribution in [0.5, 0.6) is 11.5 Å². The summed E-state index contributed by atoms with van der Waals surface area (Å²) in [7, 11) is 0. The predicted molar refractivity (Wildman–Crippen MR) is 95.9 cm³/mol. The standard InChI is InChI=1S/C19H18N4O4/c24-19(21-9-13-2-1-7-25-13)14-10-22-23-15(5-6-20-18(14)23)12-3-4-16-17(8-12)27-11-26-16/h3-6,8,10,13H,1-2,7,9,11H2,(H,21,24)/t13-/m0/s1. The number of benzene rings is 1. The fourth-order valence-electron chi connectivity index (χ4n) is 3.43. The molecule has 0 radical (unpaired) electrons. The Hall–Kier alpha value is -3.13. The number of amides is 1. The van der Waals surface area contributed by atoms with Crippen molar-refractivity contribution in [3.63, 3.8) is 0 Å². The number of carbonyl (C=O) groups is 1. The van der Waals surface area contributed by atoms with Gasteiger partial charge in [-0.3, -0.25) is 4.79 Å². The molecule has 8 heteroatoms.